The van der Waals surface area contributed by atoms with Crippen molar-refractivity contribution in [3.63, 3.8) is 0 Å². The zero-order valence-electron chi connectivity index (χ0n) is 10.9. The molecule has 0 bridgehead atoms. The molecule has 0 fully saturated rings. The number of nitrogens with zero attached hydrogens (tertiary/aromatic N) is 2. The maximum absolute atomic E-state index is 11.5. The molecule has 0 atom stereocenters. The average molecular weight is 256 g/mol. The van der Waals surface area contributed by atoms with E-state index < -0.39 is 0 Å². The van der Waals surface area contributed by atoms with Crippen LogP contribution in [0.15, 0.2) is 59.9 Å². The van der Waals surface area contributed by atoms with E-state index in [1.807, 2.05) is 29.7 Å². The van der Waals surface area contributed by atoms with Crippen LogP contribution in [0.25, 0.3) is 11.4 Å². The highest BCUT2D eigenvalue weighted by Crippen LogP contribution is 2.15. The van der Waals surface area contributed by atoms with E-state index >= 15 is 0 Å². The third-order valence-corrected chi connectivity index (χ3v) is 2.63. The summed E-state index contributed by atoms with van der Waals surface area (Å²) in [4.78, 5) is 15.8. The second-order valence-electron chi connectivity index (χ2n) is 4.06. The van der Waals surface area contributed by atoms with Crippen LogP contribution in [0.4, 0.5) is 0 Å². The van der Waals surface area contributed by atoms with Gasteiger partial charge in [0.1, 0.15) is 5.76 Å². The summed E-state index contributed by atoms with van der Waals surface area (Å²) in [7, 11) is 0. The Labute approximate surface area is 112 Å². The zero-order valence-corrected chi connectivity index (χ0v) is 10.9. The van der Waals surface area contributed by atoms with Gasteiger partial charge in [0, 0.05) is 24.5 Å². The summed E-state index contributed by atoms with van der Waals surface area (Å²) in [6, 6.07) is 8.69. The highest BCUT2D eigenvalue weighted by molar-refractivity contribution is 5.54. The van der Waals surface area contributed by atoms with Crippen LogP contribution >= 0.6 is 0 Å². The molecule has 4 nitrogen and oxygen atoms in total. The SMILES string of the molecule is C=C(Cn1ccc(=O)cc1-c1ccccn1)OCC. The number of ether oxygens (including phenoxy) is 1. The van der Waals surface area contributed by atoms with Gasteiger partial charge in [-0.2, -0.15) is 0 Å². The molecule has 19 heavy (non-hydrogen) atoms. The first-order chi connectivity index (χ1) is 9.20. The molecule has 2 heterocycles. The van der Waals surface area contributed by atoms with E-state index in [1.165, 1.54) is 6.07 Å². The Morgan fingerprint density at radius 1 is 1.42 bits per heavy atom. The van der Waals surface area contributed by atoms with Crippen molar-refractivity contribution in [3.05, 3.63) is 65.3 Å². The third-order valence-electron chi connectivity index (χ3n) is 2.63. The molecule has 0 aromatic carbocycles. The largest absolute Gasteiger partial charge is 0.497 e. The maximum atomic E-state index is 11.5. The van der Waals surface area contributed by atoms with Gasteiger partial charge in [-0.05, 0) is 19.1 Å². The lowest BCUT2D eigenvalue weighted by Gasteiger charge is -2.14. The van der Waals surface area contributed by atoms with Crippen molar-refractivity contribution in [1.29, 1.82) is 0 Å². The standard InChI is InChI=1S/C15H16N2O2/c1-3-19-12(2)11-17-9-7-13(18)10-15(17)14-6-4-5-8-16-14/h4-10H,2-3,11H2,1H3. The summed E-state index contributed by atoms with van der Waals surface area (Å²) in [5.41, 5.74) is 1.47. The average Bonchev–Trinajstić information content (AvgIpc) is 2.42. The van der Waals surface area contributed by atoms with Gasteiger partial charge in [0.05, 0.1) is 24.5 Å². The van der Waals surface area contributed by atoms with Crippen LogP contribution in [0.3, 0.4) is 0 Å². The van der Waals surface area contributed by atoms with Crippen molar-refractivity contribution in [3.8, 4) is 11.4 Å². The molecule has 2 aromatic heterocycles. The zero-order chi connectivity index (χ0) is 13.7. The Morgan fingerprint density at radius 2 is 2.26 bits per heavy atom. The van der Waals surface area contributed by atoms with Crippen molar-refractivity contribution < 1.29 is 4.74 Å². The quantitative estimate of drug-likeness (QED) is 0.772. The molecule has 0 saturated carbocycles. The van der Waals surface area contributed by atoms with Crippen LogP contribution in [-0.4, -0.2) is 16.2 Å². The van der Waals surface area contributed by atoms with E-state index in [1.54, 1.807) is 18.5 Å². The lowest BCUT2D eigenvalue weighted by Crippen LogP contribution is -2.11. The van der Waals surface area contributed by atoms with Crippen LogP contribution in [0, 0.1) is 0 Å². The number of hydrogen-bond acceptors (Lipinski definition) is 3. The summed E-state index contributed by atoms with van der Waals surface area (Å²) in [5.74, 6) is 0.656. The first-order valence-corrected chi connectivity index (χ1v) is 6.13. The van der Waals surface area contributed by atoms with Crippen molar-refractivity contribution in [1.82, 2.24) is 9.55 Å². The molecular formula is C15H16N2O2. The highest BCUT2D eigenvalue weighted by atomic mass is 16.5. The van der Waals surface area contributed by atoms with Crippen molar-refractivity contribution in [2.75, 3.05) is 6.61 Å². The van der Waals surface area contributed by atoms with Gasteiger partial charge in [0.2, 0.25) is 0 Å². The lowest BCUT2D eigenvalue weighted by molar-refractivity contribution is 0.215. The van der Waals surface area contributed by atoms with Crippen LogP contribution in [0.2, 0.25) is 0 Å². The van der Waals surface area contributed by atoms with Crippen LogP contribution in [-0.2, 0) is 11.3 Å². The summed E-state index contributed by atoms with van der Waals surface area (Å²) in [6.07, 6.45) is 3.44. The predicted molar refractivity (Wildman–Crippen MR) is 74.7 cm³/mol. The van der Waals surface area contributed by atoms with Gasteiger partial charge in [-0.15, -0.1) is 0 Å². The second kappa shape index (κ2) is 6.00. The fourth-order valence-electron chi connectivity index (χ4n) is 1.82. The number of hydrogen-bond donors (Lipinski definition) is 0. The Balaban J connectivity index is 2.39. The van der Waals surface area contributed by atoms with Gasteiger partial charge in [-0.25, -0.2) is 0 Å². The van der Waals surface area contributed by atoms with Gasteiger partial charge in [0.25, 0.3) is 0 Å². The van der Waals surface area contributed by atoms with E-state index in [4.69, 9.17) is 4.74 Å². The smallest absolute Gasteiger partial charge is 0.182 e. The van der Waals surface area contributed by atoms with Gasteiger partial charge >= 0.3 is 0 Å². The third kappa shape index (κ3) is 3.31. The minimum Gasteiger partial charge on any atom is -0.497 e. The molecule has 0 aliphatic heterocycles. The molecule has 0 aliphatic carbocycles. The molecule has 0 N–H and O–H groups in total. The summed E-state index contributed by atoms with van der Waals surface area (Å²) >= 11 is 0. The number of rotatable bonds is 5. The van der Waals surface area contributed by atoms with E-state index in [-0.39, 0.29) is 5.43 Å². The maximum Gasteiger partial charge on any atom is 0.182 e. The number of allylic oxidation sites excluding steroid dienone is 1. The fourth-order valence-corrected chi connectivity index (χ4v) is 1.82. The van der Waals surface area contributed by atoms with Crippen LogP contribution in [0.5, 0.6) is 0 Å². The molecule has 0 amide bonds. The van der Waals surface area contributed by atoms with Gasteiger partial charge in [-0.1, -0.05) is 12.6 Å². The van der Waals surface area contributed by atoms with E-state index in [0.29, 0.717) is 18.9 Å². The van der Waals surface area contributed by atoms with Gasteiger partial charge < -0.3 is 9.30 Å². The minimum absolute atomic E-state index is 0.0427. The van der Waals surface area contributed by atoms with Crippen LogP contribution in [0.1, 0.15) is 6.92 Å². The topological polar surface area (TPSA) is 44.1 Å². The molecular weight excluding hydrogens is 240 g/mol. The molecule has 98 valence electrons. The molecule has 0 aliphatic rings. The summed E-state index contributed by atoms with van der Waals surface area (Å²) < 4.78 is 7.26. The Hall–Kier alpha value is -2.36. The monoisotopic (exact) mass is 256 g/mol. The molecule has 0 spiro atoms. The van der Waals surface area contributed by atoms with Crippen LogP contribution < -0.4 is 5.43 Å². The number of pyridine rings is 2. The second-order valence-corrected chi connectivity index (χ2v) is 4.06. The predicted octanol–water partition coefficient (Wildman–Crippen LogP) is 2.46. The first kappa shape index (κ1) is 13.1. The normalized spacial score (nSPS) is 10.2. The van der Waals surface area contributed by atoms with Crippen molar-refractivity contribution >= 4 is 0 Å². The van der Waals surface area contributed by atoms with E-state index in [2.05, 4.69) is 11.6 Å². The molecule has 0 saturated heterocycles. The lowest BCUT2D eigenvalue weighted by atomic mass is 10.2. The first-order valence-electron chi connectivity index (χ1n) is 6.13. The van der Waals surface area contributed by atoms with E-state index in [0.717, 1.165) is 11.4 Å². The fraction of sp³-hybridized carbons (Fsp3) is 0.200. The Kier molecular flexibility index (Phi) is 4.13. The minimum atomic E-state index is -0.0427. The number of aromatic nitrogens is 2. The summed E-state index contributed by atoms with van der Waals surface area (Å²) in [5, 5.41) is 0. The van der Waals surface area contributed by atoms with Crippen molar-refractivity contribution in [2.45, 2.75) is 13.5 Å². The van der Waals surface area contributed by atoms with E-state index in [9.17, 15) is 4.79 Å². The van der Waals surface area contributed by atoms with Gasteiger partial charge in [0.15, 0.2) is 5.43 Å². The molecule has 2 aromatic rings. The highest BCUT2D eigenvalue weighted by Gasteiger charge is 2.06. The molecule has 2 rings (SSSR count). The Bertz CT molecular complexity index is 618. The molecule has 0 radical (unpaired) electrons. The Morgan fingerprint density at radius 3 is 2.95 bits per heavy atom. The molecule has 0 unspecified atom stereocenters. The summed E-state index contributed by atoms with van der Waals surface area (Å²) in [6.45, 7) is 6.85. The van der Waals surface area contributed by atoms with Crippen molar-refractivity contribution in [2.24, 2.45) is 0 Å². The molecule has 4 heteroatoms. The van der Waals surface area contributed by atoms with Gasteiger partial charge in [-0.3, -0.25) is 9.78 Å².